The maximum absolute atomic E-state index is 12.9. The average Bonchev–Trinajstić information content (AvgIpc) is 2.08. The molecular weight excluding hydrogens is 191 g/mol. The molecule has 1 aromatic rings. The van der Waals surface area contributed by atoms with Crippen molar-refractivity contribution in [2.24, 2.45) is 0 Å². The lowest BCUT2D eigenvalue weighted by atomic mass is 10.4. The second kappa shape index (κ2) is 3.91. The highest BCUT2D eigenvalue weighted by Crippen LogP contribution is 2.15. The van der Waals surface area contributed by atoms with Crippen LogP contribution in [0.5, 0.6) is 0 Å². The molecule has 0 fully saturated rings. The van der Waals surface area contributed by atoms with E-state index in [4.69, 9.17) is 0 Å². The maximum atomic E-state index is 12.9. The van der Waals surface area contributed by atoms with E-state index in [2.05, 4.69) is 4.98 Å². The number of thioether (sulfide) groups is 1. The highest BCUT2D eigenvalue weighted by atomic mass is 32.2. The zero-order valence-corrected chi connectivity index (χ0v) is 8.56. The second-order valence-corrected chi connectivity index (χ2v) is 3.66. The fourth-order valence-corrected chi connectivity index (χ4v) is 1.60. The molecule has 1 aromatic heterocycles. The Morgan fingerprint density at radius 2 is 2.23 bits per heavy atom. The summed E-state index contributed by atoms with van der Waals surface area (Å²) in [4.78, 5) is 14.5. The summed E-state index contributed by atoms with van der Waals surface area (Å²) < 4.78 is 14.5. The molecule has 0 aliphatic carbocycles. The molecule has 0 radical (unpaired) electrons. The summed E-state index contributed by atoms with van der Waals surface area (Å²) in [6.45, 7) is 3.82. The molecule has 72 valence electrons. The van der Waals surface area contributed by atoms with Gasteiger partial charge in [-0.25, -0.2) is 0 Å². The van der Waals surface area contributed by atoms with Crippen LogP contribution in [0.25, 0.3) is 0 Å². The van der Waals surface area contributed by atoms with Gasteiger partial charge in [-0.15, -0.1) is 0 Å². The van der Waals surface area contributed by atoms with Crippen molar-refractivity contribution < 1.29 is 4.39 Å². The van der Waals surface area contributed by atoms with Gasteiger partial charge in [-0.1, -0.05) is 11.8 Å². The number of hydrogen-bond donors (Lipinski definition) is 0. The van der Waals surface area contributed by atoms with Crippen molar-refractivity contribution in [1.82, 2.24) is 9.55 Å². The Morgan fingerprint density at radius 3 is 2.69 bits per heavy atom. The van der Waals surface area contributed by atoms with Gasteiger partial charge in [0.25, 0.3) is 0 Å². The SMILES string of the molecule is CSc1nc(=O)c(F)cn1C(C)C. The molecule has 0 spiro atoms. The van der Waals surface area contributed by atoms with E-state index < -0.39 is 11.4 Å². The predicted octanol–water partition coefficient (Wildman–Crippen LogP) is 1.69. The predicted molar refractivity (Wildman–Crippen MR) is 50.6 cm³/mol. The minimum Gasteiger partial charge on any atom is -0.322 e. The lowest BCUT2D eigenvalue weighted by molar-refractivity contribution is 0.485. The van der Waals surface area contributed by atoms with E-state index in [-0.39, 0.29) is 6.04 Å². The third kappa shape index (κ3) is 2.09. The Balaban J connectivity index is 3.33. The molecular formula is C8H11FN2OS. The van der Waals surface area contributed by atoms with Crippen LogP contribution < -0.4 is 5.56 Å². The molecule has 0 amide bonds. The quantitative estimate of drug-likeness (QED) is 0.540. The smallest absolute Gasteiger partial charge is 0.309 e. The van der Waals surface area contributed by atoms with Gasteiger partial charge in [0.1, 0.15) is 0 Å². The van der Waals surface area contributed by atoms with Crippen LogP contribution in [0.3, 0.4) is 0 Å². The average molecular weight is 202 g/mol. The van der Waals surface area contributed by atoms with Crippen LogP contribution in [0.4, 0.5) is 4.39 Å². The van der Waals surface area contributed by atoms with Gasteiger partial charge in [-0.2, -0.15) is 9.37 Å². The number of nitrogens with zero attached hydrogens (tertiary/aromatic N) is 2. The highest BCUT2D eigenvalue weighted by Gasteiger charge is 2.08. The Kier molecular flexibility index (Phi) is 3.08. The van der Waals surface area contributed by atoms with E-state index in [1.165, 1.54) is 18.0 Å². The fraction of sp³-hybridized carbons (Fsp3) is 0.500. The second-order valence-electron chi connectivity index (χ2n) is 2.88. The monoisotopic (exact) mass is 202 g/mol. The van der Waals surface area contributed by atoms with Gasteiger partial charge in [0.2, 0.25) is 5.82 Å². The number of rotatable bonds is 2. The topological polar surface area (TPSA) is 34.9 Å². The van der Waals surface area contributed by atoms with Gasteiger partial charge < -0.3 is 4.57 Å². The largest absolute Gasteiger partial charge is 0.322 e. The van der Waals surface area contributed by atoms with E-state index in [1.807, 2.05) is 13.8 Å². The first kappa shape index (κ1) is 10.2. The normalized spacial score (nSPS) is 10.8. The van der Waals surface area contributed by atoms with Gasteiger partial charge >= 0.3 is 5.56 Å². The van der Waals surface area contributed by atoms with Gasteiger partial charge in [0, 0.05) is 12.2 Å². The van der Waals surface area contributed by atoms with Crippen LogP contribution in [0.2, 0.25) is 0 Å². The minimum absolute atomic E-state index is 0.102. The van der Waals surface area contributed by atoms with Crippen molar-refractivity contribution >= 4 is 11.8 Å². The van der Waals surface area contributed by atoms with Crippen LogP contribution >= 0.6 is 11.8 Å². The standard InChI is InChI=1S/C8H11FN2OS/c1-5(2)11-4-6(9)7(12)10-8(11)13-3/h4-5H,1-3H3. The first-order valence-electron chi connectivity index (χ1n) is 3.89. The molecule has 0 aliphatic rings. The zero-order chi connectivity index (χ0) is 10.0. The van der Waals surface area contributed by atoms with Crippen molar-refractivity contribution in [3.8, 4) is 0 Å². The first-order valence-corrected chi connectivity index (χ1v) is 5.11. The molecule has 0 saturated heterocycles. The fourth-order valence-electron chi connectivity index (χ4n) is 0.952. The zero-order valence-electron chi connectivity index (χ0n) is 7.74. The van der Waals surface area contributed by atoms with Crippen LogP contribution in [0.15, 0.2) is 16.1 Å². The summed E-state index contributed by atoms with van der Waals surface area (Å²) in [6, 6.07) is 0.102. The molecule has 3 nitrogen and oxygen atoms in total. The molecule has 0 aromatic carbocycles. The minimum atomic E-state index is -0.800. The van der Waals surface area contributed by atoms with Crippen molar-refractivity contribution in [2.45, 2.75) is 25.0 Å². The molecule has 0 atom stereocenters. The molecule has 0 bridgehead atoms. The van der Waals surface area contributed by atoms with E-state index in [0.717, 1.165) is 0 Å². The molecule has 0 saturated carbocycles. The van der Waals surface area contributed by atoms with Crippen LogP contribution in [-0.4, -0.2) is 15.8 Å². The van der Waals surface area contributed by atoms with Crippen molar-refractivity contribution in [3.05, 3.63) is 22.4 Å². The van der Waals surface area contributed by atoms with Crippen LogP contribution in [0.1, 0.15) is 19.9 Å². The summed E-state index contributed by atoms with van der Waals surface area (Å²) in [6.07, 6.45) is 3.00. The number of halogens is 1. The molecule has 1 rings (SSSR count). The number of hydrogen-bond acceptors (Lipinski definition) is 3. The van der Waals surface area contributed by atoms with E-state index in [1.54, 1.807) is 10.8 Å². The first-order chi connectivity index (χ1) is 6.06. The Morgan fingerprint density at radius 1 is 1.62 bits per heavy atom. The Hall–Kier alpha value is -0.840. The third-order valence-electron chi connectivity index (χ3n) is 1.61. The van der Waals surface area contributed by atoms with Gasteiger partial charge in [0.05, 0.1) is 0 Å². The molecule has 0 N–H and O–H groups in total. The van der Waals surface area contributed by atoms with E-state index in [9.17, 15) is 9.18 Å². The van der Waals surface area contributed by atoms with Crippen molar-refractivity contribution in [3.63, 3.8) is 0 Å². The summed E-state index contributed by atoms with van der Waals surface area (Å²) in [5.74, 6) is -0.800. The highest BCUT2D eigenvalue weighted by molar-refractivity contribution is 7.98. The lowest BCUT2D eigenvalue weighted by Crippen LogP contribution is -2.18. The summed E-state index contributed by atoms with van der Waals surface area (Å²) in [5.41, 5.74) is -0.791. The van der Waals surface area contributed by atoms with Crippen LogP contribution in [-0.2, 0) is 0 Å². The van der Waals surface area contributed by atoms with Crippen LogP contribution in [0, 0.1) is 5.82 Å². The number of aromatic nitrogens is 2. The van der Waals surface area contributed by atoms with Crippen molar-refractivity contribution in [1.29, 1.82) is 0 Å². The van der Waals surface area contributed by atoms with Gasteiger partial charge in [0.15, 0.2) is 5.16 Å². The van der Waals surface area contributed by atoms with Gasteiger partial charge in [-0.05, 0) is 20.1 Å². The molecule has 0 aliphatic heterocycles. The summed E-state index contributed by atoms with van der Waals surface area (Å²) in [5, 5.41) is 0.543. The Bertz CT molecular complexity index is 362. The van der Waals surface area contributed by atoms with Gasteiger partial charge in [-0.3, -0.25) is 4.79 Å². The van der Waals surface area contributed by atoms with Crippen molar-refractivity contribution in [2.75, 3.05) is 6.26 Å². The third-order valence-corrected chi connectivity index (χ3v) is 2.28. The summed E-state index contributed by atoms with van der Waals surface area (Å²) >= 11 is 1.33. The molecule has 13 heavy (non-hydrogen) atoms. The molecule has 0 unspecified atom stereocenters. The van der Waals surface area contributed by atoms with E-state index >= 15 is 0 Å². The Labute approximate surface area is 80.0 Å². The molecule has 5 heteroatoms. The summed E-state index contributed by atoms with van der Waals surface area (Å²) in [7, 11) is 0. The molecule has 1 heterocycles. The van der Waals surface area contributed by atoms with E-state index in [0.29, 0.717) is 5.16 Å². The maximum Gasteiger partial charge on any atom is 0.309 e. The lowest BCUT2D eigenvalue weighted by Gasteiger charge is -2.13.